The number of rotatable bonds is 8. The van der Waals surface area contributed by atoms with E-state index in [1.165, 1.54) is 13.0 Å². The number of ether oxygens (including phenoxy) is 1. The van der Waals surface area contributed by atoms with Gasteiger partial charge in [0.2, 0.25) is 4.77 Å². The minimum atomic E-state index is -5.84. The van der Waals surface area contributed by atoms with E-state index >= 15 is 4.39 Å². The molecule has 1 aromatic rings. The number of aromatic nitrogens is 2. The zero-order chi connectivity index (χ0) is 24.8. The van der Waals surface area contributed by atoms with Gasteiger partial charge in [-0.1, -0.05) is 0 Å². The van der Waals surface area contributed by atoms with Crippen LogP contribution in [0.4, 0.5) is 17.6 Å². The summed E-state index contributed by atoms with van der Waals surface area (Å²) < 4.78 is 105. The van der Waals surface area contributed by atoms with Crippen LogP contribution in [0.2, 0.25) is 0 Å². The van der Waals surface area contributed by atoms with Gasteiger partial charge < -0.3 is 24.3 Å². The lowest BCUT2D eigenvalue weighted by Crippen LogP contribution is -2.45. The maximum Gasteiger partial charge on any atom is 0.490 e. The Hall–Kier alpha value is -0.610. The number of hydrogen-bond donors (Lipinski definition) is 4. The van der Waals surface area contributed by atoms with Crippen LogP contribution in [-0.4, -0.2) is 53.7 Å². The summed E-state index contributed by atoms with van der Waals surface area (Å²) in [5.41, 5.74) is -3.71. The first-order chi connectivity index (χ1) is 14.2. The van der Waals surface area contributed by atoms with Gasteiger partial charge >= 0.3 is 29.6 Å². The van der Waals surface area contributed by atoms with E-state index in [0.29, 0.717) is 10.3 Å². The molecule has 32 heavy (non-hydrogen) atoms. The largest absolute Gasteiger partial charge is 0.490 e. The number of hydrogen-bond acceptors (Lipinski definition) is 9. The number of halogens is 4. The second-order valence-corrected chi connectivity index (χ2v) is 11.1. The lowest BCUT2D eigenvalue weighted by Gasteiger charge is -2.29. The standard InChI is InChI=1S/C11H15F4N2O11P3S/c1-6-2-3-17(9(32)16-6)8-10(12,11(13,14)15)4-7(26-8)5-25-30(21,22)28-31(23,24)27-29(18,19)20/h2-3,7-8H,4-5H2,1H3,(H,21,22)(H,23,24)(H2,18,19,20)/t7-,8+,10?/m0/s1. The van der Waals surface area contributed by atoms with Crippen LogP contribution in [0.25, 0.3) is 0 Å². The second-order valence-electron chi connectivity index (χ2n) is 6.32. The highest BCUT2D eigenvalue weighted by Crippen LogP contribution is 2.66. The smallest absolute Gasteiger partial charge is 0.348 e. The van der Waals surface area contributed by atoms with Gasteiger partial charge in [0.1, 0.15) is 0 Å². The van der Waals surface area contributed by atoms with E-state index in [2.05, 4.69) is 18.1 Å². The van der Waals surface area contributed by atoms with Crippen molar-refractivity contribution in [1.29, 1.82) is 0 Å². The van der Waals surface area contributed by atoms with Crippen molar-refractivity contribution >= 4 is 35.7 Å². The number of aryl methyl sites for hydroxylation is 1. The molecule has 1 aromatic heterocycles. The normalized spacial score (nSPS) is 28.3. The SMILES string of the molecule is Cc1ccn([C@@H]2O[C@H](COP(=O)(O)OP(=O)(O)OP(=O)(O)O)CC2(F)C(F)(F)F)c(=S)n1. The van der Waals surface area contributed by atoms with E-state index in [-0.39, 0.29) is 0 Å². The van der Waals surface area contributed by atoms with Gasteiger partial charge in [0.15, 0.2) is 6.23 Å². The molecule has 5 atom stereocenters. The number of alkyl halides is 4. The first-order valence-electron chi connectivity index (χ1n) is 8.00. The Morgan fingerprint density at radius 1 is 1.25 bits per heavy atom. The highest BCUT2D eigenvalue weighted by molar-refractivity contribution is 7.71. The second kappa shape index (κ2) is 9.21. The van der Waals surface area contributed by atoms with Crippen LogP contribution < -0.4 is 0 Å². The molecule has 1 saturated heterocycles. The molecule has 13 nitrogen and oxygen atoms in total. The van der Waals surface area contributed by atoms with E-state index in [9.17, 15) is 31.8 Å². The zero-order valence-electron chi connectivity index (χ0n) is 15.5. The fraction of sp³-hybridized carbons (Fsp3) is 0.636. The summed E-state index contributed by atoms with van der Waals surface area (Å²) in [5.74, 6) is 0. The molecule has 0 bridgehead atoms. The molecular weight excluding hydrogens is 537 g/mol. The molecule has 3 unspecified atom stereocenters. The van der Waals surface area contributed by atoms with Gasteiger partial charge in [0, 0.05) is 18.3 Å². The van der Waals surface area contributed by atoms with Gasteiger partial charge in [-0.05, 0) is 25.2 Å². The van der Waals surface area contributed by atoms with Crippen molar-refractivity contribution in [2.45, 2.75) is 37.5 Å². The Balaban J connectivity index is 2.20. The first kappa shape index (κ1) is 27.6. The Labute approximate surface area is 181 Å². The van der Waals surface area contributed by atoms with Crippen LogP contribution in [0.1, 0.15) is 18.3 Å². The van der Waals surface area contributed by atoms with Crippen molar-refractivity contribution in [2.75, 3.05) is 6.61 Å². The number of nitrogens with zero attached hydrogens (tertiary/aromatic N) is 2. The maximum atomic E-state index is 15.0. The average Bonchev–Trinajstić information content (AvgIpc) is 2.87. The molecule has 1 fully saturated rings. The molecule has 2 rings (SSSR count). The van der Waals surface area contributed by atoms with Crippen molar-refractivity contribution in [3.63, 3.8) is 0 Å². The minimum Gasteiger partial charge on any atom is -0.348 e. The summed E-state index contributed by atoms with van der Waals surface area (Å²) >= 11 is 4.83. The average molecular weight is 552 g/mol. The van der Waals surface area contributed by atoms with Gasteiger partial charge in [0.05, 0.1) is 12.7 Å². The van der Waals surface area contributed by atoms with Gasteiger partial charge in [-0.15, -0.1) is 0 Å². The topological polar surface area (TPSA) is 187 Å². The van der Waals surface area contributed by atoms with E-state index in [1.54, 1.807) is 0 Å². The molecule has 0 spiro atoms. The summed E-state index contributed by atoms with van der Waals surface area (Å²) in [5, 5.41) is 0. The molecular formula is C11H15F4N2O11P3S. The number of phosphoric acid groups is 3. The fourth-order valence-electron chi connectivity index (χ4n) is 2.57. The molecule has 4 N–H and O–H groups in total. The van der Waals surface area contributed by atoms with Gasteiger partial charge in [-0.3, -0.25) is 9.09 Å². The monoisotopic (exact) mass is 552 g/mol. The van der Waals surface area contributed by atoms with Crippen molar-refractivity contribution in [3.05, 3.63) is 22.7 Å². The van der Waals surface area contributed by atoms with Crippen LogP contribution in [0.15, 0.2) is 12.3 Å². The van der Waals surface area contributed by atoms with Crippen LogP contribution in [0.5, 0.6) is 0 Å². The van der Waals surface area contributed by atoms with Crippen molar-refractivity contribution in [2.24, 2.45) is 0 Å². The van der Waals surface area contributed by atoms with Crippen LogP contribution >= 0.6 is 35.7 Å². The molecule has 1 aliphatic heterocycles. The molecule has 0 radical (unpaired) electrons. The first-order valence-corrected chi connectivity index (χ1v) is 12.9. The third kappa shape index (κ3) is 6.95. The van der Waals surface area contributed by atoms with E-state index in [0.717, 1.165) is 6.20 Å². The van der Waals surface area contributed by atoms with Gasteiger partial charge in [0.25, 0.3) is 5.67 Å². The Morgan fingerprint density at radius 3 is 2.34 bits per heavy atom. The van der Waals surface area contributed by atoms with Crippen molar-refractivity contribution < 1.29 is 68.7 Å². The van der Waals surface area contributed by atoms with E-state index < -0.39 is 65.4 Å². The van der Waals surface area contributed by atoms with E-state index in [1.807, 2.05) is 0 Å². The van der Waals surface area contributed by atoms with Crippen molar-refractivity contribution in [3.8, 4) is 0 Å². The molecule has 0 saturated carbocycles. The summed E-state index contributed by atoms with van der Waals surface area (Å²) in [7, 11) is -17.1. The maximum absolute atomic E-state index is 15.0. The Bertz CT molecular complexity index is 1060. The molecule has 0 amide bonds. The fourth-order valence-corrected chi connectivity index (χ4v) is 5.92. The third-order valence-electron chi connectivity index (χ3n) is 3.77. The zero-order valence-corrected chi connectivity index (χ0v) is 19.0. The number of phosphoric ester groups is 1. The van der Waals surface area contributed by atoms with E-state index in [4.69, 9.17) is 31.6 Å². The predicted molar refractivity (Wildman–Crippen MR) is 96.0 cm³/mol. The van der Waals surface area contributed by atoms with Crippen LogP contribution in [-0.2, 0) is 31.6 Å². The van der Waals surface area contributed by atoms with Gasteiger partial charge in [-0.2, -0.15) is 21.8 Å². The molecule has 184 valence electrons. The van der Waals surface area contributed by atoms with Crippen molar-refractivity contribution in [1.82, 2.24) is 9.55 Å². The highest BCUT2D eigenvalue weighted by atomic mass is 32.1. The quantitative estimate of drug-likeness (QED) is 0.210. The molecule has 1 aliphatic rings. The third-order valence-corrected chi connectivity index (χ3v) is 7.87. The van der Waals surface area contributed by atoms with Gasteiger partial charge in [-0.25, -0.2) is 23.1 Å². The lowest BCUT2D eigenvalue weighted by atomic mass is 9.99. The molecule has 0 aliphatic carbocycles. The summed E-state index contributed by atoms with van der Waals surface area (Å²) in [6.07, 6.45) is -10.2. The molecule has 0 aromatic carbocycles. The lowest BCUT2D eigenvalue weighted by molar-refractivity contribution is -0.256. The summed E-state index contributed by atoms with van der Waals surface area (Å²) in [6.45, 7) is 0.210. The summed E-state index contributed by atoms with van der Waals surface area (Å²) in [4.78, 5) is 39.1. The predicted octanol–water partition coefficient (Wildman–Crippen LogP) is 2.82. The Kier molecular flexibility index (Phi) is 7.95. The Morgan fingerprint density at radius 2 is 1.84 bits per heavy atom. The summed E-state index contributed by atoms with van der Waals surface area (Å²) in [6, 6.07) is 1.23. The van der Waals surface area contributed by atoms with Crippen LogP contribution in [0.3, 0.4) is 0 Å². The molecule has 21 heteroatoms. The van der Waals surface area contributed by atoms with Crippen LogP contribution in [0, 0.1) is 11.7 Å². The molecule has 2 heterocycles. The highest BCUT2D eigenvalue weighted by Gasteiger charge is 2.67. The minimum absolute atomic E-state index is 0.324.